The van der Waals surface area contributed by atoms with Gasteiger partial charge in [-0.2, -0.15) is 11.3 Å². The van der Waals surface area contributed by atoms with E-state index >= 15 is 0 Å². The van der Waals surface area contributed by atoms with E-state index in [0.717, 1.165) is 27.8 Å². The van der Waals surface area contributed by atoms with Gasteiger partial charge in [-0.3, -0.25) is 0 Å². The highest BCUT2D eigenvalue weighted by atomic mass is 32.1. The molecule has 3 aromatic rings. The lowest BCUT2D eigenvalue weighted by Crippen LogP contribution is -1.91. The van der Waals surface area contributed by atoms with Gasteiger partial charge in [-0.05, 0) is 17.5 Å². The first kappa shape index (κ1) is 11.8. The number of anilines is 1. The first-order chi connectivity index (χ1) is 9.28. The summed E-state index contributed by atoms with van der Waals surface area (Å²) in [5.41, 5.74) is 4.01. The lowest BCUT2D eigenvalue weighted by molar-refractivity contribution is 0.947. The van der Waals surface area contributed by atoms with Crippen LogP contribution >= 0.6 is 11.3 Å². The second-order valence-electron chi connectivity index (χ2n) is 4.26. The molecular formula is C15H13N3S. The van der Waals surface area contributed by atoms with Gasteiger partial charge >= 0.3 is 0 Å². The maximum atomic E-state index is 4.45. The molecule has 1 N–H and O–H groups in total. The molecule has 0 saturated carbocycles. The fourth-order valence-electron chi connectivity index (χ4n) is 1.97. The van der Waals surface area contributed by atoms with Crippen molar-refractivity contribution in [1.82, 2.24) is 9.55 Å². The topological polar surface area (TPSA) is 29.9 Å². The Morgan fingerprint density at radius 1 is 1.37 bits per heavy atom. The van der Waals surface area contributed by atoms with Crippen molar-refractivity contribution in [2.24, 2.45) is 7.05 Å². The molecule has 4 heteroatoms. The third kappa shape index (κ3) is 2.20. The smallest absolute Gasteiger partial charge is 0.141 e. The van der Waals surface area contributed by atoms with E-state index in [4.69, 9.17) is 0 Å². The van der Waals surface area contributed by atoms with Gasteiger partial charge in [0.15, 0.2) is 0 Å². The third-order valence-electron chi connectivity index (χ3n) is 2.97. The highest BCUT2D eigenvalue weighted by Crippen LogP contribution is 2.21. The van der Waals surface area contributed by atoms with Gasteiger partial charge in [-0.25, -0.2) is 4.98 Å². The van der Waals surface area contributed by atoms with Crippen LogP contribution in [0.5, 0.6) is 0 Å². The molecule has 0 saturated heterocycles. The lowest BCUT2D eigenvalue weighted by atomic mass is 10.2. The van der Waals surface area contributed by atoms with Crippen molar-refractivity contribution >= 4 is 28.1 Å². The van der Waals surface area contributed by atoms with E-state index < -0.39 is 0 Å². The molecule has 0 bridgehead atoms. The van der Waals surface area contributed by atoms with Crippen molar-refractivity contribution in [2.75, 3.05) is 12.4 Å². The largest absolute Gasteiger partial charge is 0.387 e. The third-order valence-corrected chi connectivity index (χ3v) is 3.65. The minimum atomic E-state index is 0.952. The van der Waals surface area contributed by atoms with Crippen molar-refractivity contribution in [3.63, 3.8) is 0 Å². The maximum absolute atomic E-state index is 4.45. The number of aromatic nitrogens is 2. The predicted molar refractivity (Wildman–Crippen MR) is 80.6 cm³/mol. The summed E-state index contributed by atoms with van der Waals surface area (Å²) in [5.74, 6) is 6.41. The molecule has 0 fully saturated rings. The van der Waals surface area contributed by atoms with Gasteiger partial charge in [0.1, 0.15) is 5.65 Å². The average molecular weight is 267 g/mol. The van der Waals surface area contributed by atoms with Gasteiger partial charge < -0.3 is 9.88 Å². The molecule has 94 valence electrons. The fourth-order valence-corrected chi connectivity index (χ4v) is 2.56. The normalized spacial score (nSPS) is 10.2. The van der Waals surface area contributed by atoms with Crippen molar-refractivity contribution in [3.05, 3.63) is 46.4 Å². The Hall–Kier alpha value is -2.25. The van der Waals surface area contributed by atoms with Crippen LogP contribution in [-0.4, -0.2) is 16.6 Å². The van der Waals surface area contributed by atoms with Crippen molar-refractivity contribution in [1.29, 1.82) is 0 Å². The number of rotatable bonds is 1. The first-order valence-corrected chi connectivity index (χ1v) is 6.89. The summed E-state index contributed by atoms with van der Waals surface area (Å²) in [6.07, 6.45) is 3.86. The predicted octanol–water partition coefficient (Wildman–Crippen LogP) is 3.08. The summed E-state index contributed by atoms with van der Waals surface area (Å²) in [5, 5.41) is 8.27. The van der Waals surface area contributed by atoms with Gasteiger partial charge in [0, 0.05) is 36.6 Å². The number of aryl methyl sites for hydroxylation is 1. The minimum absolute atomic E-state index is 0.952. The maximum Gasteiger partial charge on any atom is 0.141 e. The Labute approximate surface area is 115 Å². The number of nitrogens with zero attached hydrogens (tertiary/aromatic N) is 2. The number of pyridine rings is 1. The van der Waals surface area contributed by atoms with E-state index in [-0.39, 0.29) is 0 Å². The van der Waals surface area contributed by atoms with E-state index in [9.17, 15) is 0 Å². The van der Waals surface area contributed by atoms with E-state index in [1.165, 1.54) is 0 Å². The standard InChI is InChI=1S/C15H13N3S/c1-16-13-7-14-12(4-3-11-5-6-19-10-11)9-18(2)15(14)17-8-13/h5-10,16H,1-2H3. The van der Waals surface area contributed by atoms with Crippen LogP contribution in [0.25, 0.3) is 11.0 Å². The zero-order valence-corrected chi connectivity index (χ0v) is 11.6. The Morgan fingerprint density at radius 2 is 2.26 bits per heavy atom. The zero-order chi connectivity index (χ0) is 13.2. The van der Waals surface area contributed by atoms with Crippen molar-refractivity contribution in [2.45, 2.75) is 0 Å². The van der Waals surface area contributed by atoms with Crippen LogP contribution in [-0.2, 0) is 7.05 Å². The molecule has 3 heterocycles. The van der Waals surface area contributed by atoms with Crippen LogP contribution in [0.15, 0.2) is 35.3 Å². The molecule has 3 aromatic heterocycles. The van der Waals surface area contributed by atoms with Gasteiger partial charge in [-0.15, -0.1) is 0 Å². The number of nitrogens with one attached hydrogen (secondary N) is 1. The molecule has 0 atom stereocenters. The van der Waals surface area contributed by atoms with Gasteiger partial charge in [0.05, 0.1) is 17.4 Å². The van der Waals surface area contributed by atoms with Crippen LogP contribution < -0.4 is 5.32 Å². The monoisotopic (exact) mass is 267 g/mol. The second kappa shape index (κ2) is 4.79. The molecule has 3 rings (SSSR count). The van der Waals surface area contributed by atoms with Gasteiger partial charge in [0.2, 0.25) is 0 Å². The van der Waals surface area contributed by atoms with Crippen molar-refractivity contribution in [3.8, 4) is 11.8 Å². The quantitative estimate of drug-likeness (QED) is 0.687. The molecule has 0 spiro atoms. The molecule has 0 unspecified atom stereocenters. The van der Waals surface area contributed by atoms with E-state index in [2.05, 4.69) is 33.6 Å². The van der Waals surface area contributed by atoms with E-state index in [1.807, 2.05) is 42.5 Å². The first-order valence-electron chi connectivity index (χ1n) is 5.95. The van der Waals surface area contributed by atoms with Crippen LogP contribution in [0.3, 0.4) is 0 Å². The van der Waals surface area contributed by atoms with Gasteiger partial charge in [-0.1, -0.05) is 11.8 Å². The fraction of sp³-hybridized carbons (Fsp3) is 0.133. The summed E-state index contributed by atoms with van der Waals surface area (Å²) >= 11 is 1.66. The highest BCUT2D eigenvalue weighted by molar-refractivity contribution is 7.08. The lowest BCUT2D eigenvalue weighted by Gasteiger charge is -1.99. The molecule has 0 aromatic carbocycles. The van der Waals surface area contributed by atoms with E-state index in [0.29, 0.717) is 0 Å². The SMILES string of the molecule is CNc1cnc2c(c1)c(C#Cc1ccsc1)cn2C. The molecule has 0 aliphatic rings. The minimum Gasteiger partial charge on any atom is -0.387 e. The molecule has 19 heavy (non-hydrogen) atoms. The van der Waals surface area contributed by atoms with Crippen LogP contribution in [0.2, 0.25) is 0 Å². The highest BCUT2D eigenvalue weighted by Gasteiger charge is 2.06. The summed E-state index contributed by atoms with van der Waals surface area (Å²) in [6, 6.07) is 4.11. The number of hydrogen-bond donors (Lipinski definition) is 1. The number of fused-ring (bicyclic) bond motifs is 1. The van der Waals surface area contributed by atoms with Crippen LogP contribution in [0.1, 0.15) is 11.1 Å². The Balaban J connectivity index is 2.13. The summed E-state index contributed by atoms with van der Waals surface area (Å²) in [7, 11) is 3.88. The zero-order valence-electron chi connectivity index (χ0n) is 10.8. The summed E-state index contributed by atoms with van der Waals surface area (Å²) in [6.45, 7) is 0. The summed E-state index contributed by atoms with van der Waals surface area (Å²) < 4.78 is 2.01. The summed E-state index contributed by atoms with van der Waals surface area (Å²) in [4.78, 5) is 4.45. The van der Waals surface area contributed by atoms with Crippen molar-refractivity contribution < 1.29 is 0 Å². The Morgan fingerprint density at radius 3 is 3.00 bits per heavy atom. The molecule has 0 aliphatic carbocycles. The molecule has 0 aliphatic heterocycles. The molecular weight excluding hydrogens is 254 g/mol. The molecule has 0 radical (unpaired) electrons. The van der Waals surface area contributed by atoms with E-state index in [1.54, 1.807) is 11.3 Å². The van der Waals surface area contributed by atoms with Crippen LogP contribution in [0, 0.1) is 11.8 Å². The average Bonchev–Trinajstić information content (AvgIpc) is 3.05. The second-order valence-corrected chi connectivity index (χ2v) is 5.04. The molecule has 3 nitrogen and oxygen atoms in total. The number of thiophene rings is 1. The number of hydrogen-bond acceptors (Lipinski definition) is 3. The van der Waals surface area contributed by atoms with Gasteiger partial charge in [0.25, 0.3) is 0 Å². The Bertz CT molecular complexity index is 773. The van der Waals surface area contributed by atoms with Crippen LogP contribution in [0.4, 0.5) is 5.69 Å². The Kier molecular flexibility index (Phi) is 2.98. The molecule has 0 amide bonds.